The van der Waals surface area contributed by atoms with Crippen LogP contribution in [-0.4, -0.2) is 37.5 Å². The molecule has 1 aromatic heterocycles. The lowest BCUT2D eigenvalue weighted by atomic mass is 10.1. The fraction of sp³-hybridized carbons (Fsp3) is 0.727. The summed E-state index contributed by atoms with van der Waals surface area (Å²) in [6.07, 6.45) is 1.95. The van der Waals surface area contributed by atoms with E-state index in [-0.39, 0.29) is 6.04 Å². The molecule has 0 saturated heterocycles. The summed E-state index contributed by atoms with van der Waals surface area (Å²) in [5.74, 6) is 0. The smallest absolute Gasteiger partial charge is 0.151 e. The number of hydrogen-bond acceptors (Lipinski definition) is 5. The number of aryl methyl sites for hydroxylation is 1. The average Bonchev–Trinajstić information content (AvgIpc) is 2.61. The van der Waals surface area contributed by atoms with Crippen molar-refractivity contribution in [2.24, 2.45) is 0 Å². The van der Waals surface area contributed by atoms with Gasteiger partial charge in [-0.25, -0.2) is 13.4 Å². The number of thiazole rings is 1. The van der Waals surface area contributed by atoms with Gasteiger partial charge >= 0.3 is 0 Å². The first-order chi connectivity index (χ1) is 7.84. The SMILES string of the molecule is CCNC(Cc1csc(C)n1)C(C)S(C)(=O)=O. The number of nitrogens with zero attached hydrogens (tertiary/aromatic N) is 1. The molecule has 0 aromatic carbocycles. The van der Waals surface area contributed by atoms with Crippen LogP contribution in [0.3, 0.4) is 0 Å². The quantitative estimate of drug-likeness (QED) is 0.853. The van der Waals surface area contributed by atoms with E-state index in [1.807, 2.05) is 19.2 Å². The Kier molecular flexibility index (Phi) is 5.09. The van der Waals surface area contributed by atoms with E-state index in [4.69, 9.17) is 0 Å². The van der Waals surface area contributed by atoms with Crippen molar-refractivity contribution in [2.75, 3.05) is 12.8 Å². The molecular weight excluding hydrogens is 256 g/mol. The first-order valence-corrected chi connectivity index (χ1v) is 8.51. The molecule has 0 fully saturated rings. The summed E-state index contributed by atoms with van der Waals surface area (Å²) in [5, 5.41) is 5.84. The minimum absolute atomic E-state index is 0.0727. The minimum Gasteiger partial charge on any atom is -0.313 e. The highest BCUT2D eigenvalue weighted by Crippen LogP contribution is 2.14. The Morgan fingerprint density at radius 3 is 2.59 bits per heavy atom. The van der Waals surface area contributed by atoms with E-state index in [1.165, 1.54) is 6.26 Å². The second-order valence-electron chi connectivity index (χ2n) is 4.26. The van der Waals surface area contributed by atoms with Gasteiger partial charge in [-0.2, -0.15) is 0 Å². The molecular formula is C11H20N2O2S2. The van der Waals surface area contributed by atoms with E-state index < -0.39 is 15.1 Å². The number of aromatic nitrogens is 1. The molecule has 17 heavy (non-hydrogen) atoms. The van der Waals surface area contributed by atoms with Gasteiger partial charge in [-0.05, 0) is 20.4 Å². The predicted octanol–water partition coefficient (Wildman–Crippen LogP) is 1.41. The molecule has 4 nitrogen and oxygen atoms in total. The molecule has 0 saturated carbocycles. The van der Waals surface area contributed by atoms with Crippen molar-refractivity contribution in [3.8, 4) is 0 Å². The second-order valence-corrected chi connectivity index (χ2v) is 7.73. The van der Waals surface area contributed by atoms with E-state index in [9.17, 15) is 8.42 Å². The highest BCUT2D eigenvalue weighted by Gasteiger charge is 2.25. The molecule has 2 atom stereocenters. The zero-order valence-electron chi connectivity index (χ0n) is 10.7. The molecule has 0 spiro atoms. The van der Waals surface area contributed by atoms with Crippen molar-refractivity contribution in [3.05, 3.63) is 16.1 Å². The van der Waals surface area contributed by atoms with Crippen LogP contribution in [0.25, 0.3) is 0 Å². The van der Waals surface area contributed by atoms with Gasteiger partial charge in [-0.3, -0.25) is 0 Å². The number of nitrogens with one attached hydrogen (secondary N) is 1. The van der Waals surface area contributed by atoms with Gasteiger partial charge in [-0.1, -0.05) is 6.92 Å². The summed E-state index contributed by atoms with van der Waals surface area (Å²) in [4.78, 5) is 4.38. The molecule has 0 radical (unpaired) electrons. The predicted molar refractivity (Wildman–Crippen MR) is 72.3 cm³/mol. The van der Waals surface area contributed by atoms with Gasteiger partial charge in [0.25, 0.3) is 0 Å². The lowest BCUT2D eigenvalue weighted by molar-refractivity contribution is 0.491. The molecule has 0 aliphatic rings. The van der Waals surface area contributed by atoms with Crippen molar-refractivity contribution in [1.29, 1.82) is 0 Å². The lowest BCUT2D eigenvalue weighted by Crippen LogP contribution is -2.43. The third-order valence-corrected chi connectivity index (χ3v) is 5.31. The molecule has 1 aromatic rings. The van der Waals surface area contributed by atoms with Crippen LogP contribution in [0.5, 0.6) is 0 Å². The molecule has 1 rings (SSSR count). The van der Waals surface area contributed by atoms with Crippen LogP contribution in [0.15, 0.2) is 5.38 Å². The van der Waals surface area contributed by atoms with Crippen LogP contribution >= 0.6 is 11.3 Å². The van der Waals surface area contributed by atoms with Crippen LogP contribution in [0.4, 0.5) is 0 Å². The molecule has 6 heteroatoms. The van der Waals surface area contributed by atoms with Crippen LogP contribution in [-0.2, 0) is 16.3 Å². The topological polar surface area (TPSA) is 59.1 Å². The van der Waals surface area contributed by atoms with E-state index >= 15 is 0 Å². The number of likely N-dealkylation sites (N-methyl/N-ethyl adjacent to an activating group) is 1. The number of hydrogen-bond donors (Lipinski definition) is 1. The van der Waals surface area contributed by atoms with Gasteiger partial charge in [0.2, 0.25) is 0 Å². The fourth-order valence-corrected chi connectivity index (χ4v) is 3.11. The van der Waals surface area contributed by atoms with Gasteiger partial charge < -0.3 is 5.32 Å². The van der Waals surface area contributed by atoms with Crippen molar-refractivity contribution >= 4 is 21.2 Å². The number of rotatable bonds is 6. The number of sulfone groups is 1. The highest BCUT2D eigenvalue weighted by molar-refractivity contribution is 7.91. The largest absolute Gasteiger partial charge is 0.313 e. The zero-order valence-corrected chi connectivity index (χ0v) is 12.4. The summed E-state index contributed by atoms with van der Waals surface area (Å²) in [7, 11) is -3.02. The Morgan fingerprint density at radius 1 is 1.53 bits per heavy atom. The van der Waals surface area contributed by atoms with E-state index in [2.05, 4.69) is 10.3 Å². The highest BCUT2D eigenvalue weighted by atomic mass is 32.2. The van der Waals surface area contributed by atoms with E-state index in [0.717, 1.165) is 17.2 Å². The summed E-state index contributed by atoms with van der Waals surface area (Å²) >= 11 is 1.60. The first kappa shape index (κ1) is 14.6. The van der Waals surface area contributed by atoms with Crippen LogP contribution in [0, 0.1) is 6.92 Å². The molecule has 0 aliphatic heterocycles. The van der Waals surface area contributed by atoms with Gasteiger partial charge in [-0.15, -0.1) is 11.3 Å². The van der Waals surface area contributed by atoms with E-state index in [0.29, 0.717) is 6.42 Å². The molecule has 2 unspecified atom stereocenters. The lowest BCUT2D eigenvalue weighted by Gasteiger charge is -2.22. The third-order valence-electron chi connectivity index (χ3n) is 2.80. The maximum atomic E-state index is 11.6. The maximum absolute atomic E-state index is 11.6. The Morgan fingerprint density at radius 2 is 2.18 bits per heavy atom. The third kappa shape index (κ3) is 4.37. The average molecular weight is 276 g/mol. The first-order valence-electron chi connectivity index (χ1n) is 5.67. The molecule has 1 heterocycles. The Hall–Kier alpha value is -0.460. The monoisotopic (exact) mass is 276 g/mol. The molecule has 0 bridgehead atoms. The summed E-state index contributed by atoms with van der Waals surface area (Å²) < 4.78 is 23.2. The molecule has 98 valence electrons. The van der Waals surface area contributed by atoms with Gasteiger partial charge in [0.15, 0.2) is 9.84 Å². The Balaban J connectivity index is 2.79. The Bertz CT molecular complexity index is 454. The van der Waals surface area contributed by atoms with Crippen molar-refractivity contribution in [3.63, 3.8) is 0 Å². The van der Waals surface area contributed by atoms with Gasteiger partial charge in [0.05, 0.1) is 16.0 Å². The van der Waals surface area contributed by atoms with E-state index in [1.54, 1.807) is 18.3 Å². The van der Waals surface area contributed by atoms with Gasteiger partial charge in [0.1, 0.15) is 0 Å². The second kappa shape index (κ2) is 5.93. The summed E-state index contributed by atoms with van der Waals surface area (Å²) in [6, 6.07) is -0.0727. The van der Waals surface area contributed by atoms with Crippen LogP contribution in [0.2, 0.25) is 0 Å². The zero-order chi connectivity index (χ0) is 13.1. The standard InChI is InChI=1S/C11H20N2O2S2/c1-5-12-11(8(2)17(4,14)15)6-10-7-16-9(3)13-10/h7-8,11-12H,5-6H2,1-4H3. The minimum atomic E-state index is -3.02. The Labute approximate surface area is 107 Å². The maximum Gasteiger partial charge on any atom is 0.151 e. The summed E-state index contributed by atoms with van der Waals surface area (Å²) in [6.45, 7) is 6.44. The van der Waals surface area contributed by atoms with Crippen molar-refractivity contribution in [1.82, 2.24) is 10.3 Å². The van der Waals surface area contributed by atoms with Gasteiger partial charge in [0, 0.05) is 24.1 Å². The van der Waals surface area contributed by atoms with Crippen LogP contribution < -0.4 is 5.32 Å². The molecule has 0 aliphatic carbocycles. The summed E-state index contributed by atoms with van der Waals surface area (Å²) in [5.41, 5.74) is 0.967. The normalized spacial score (nSPS) is 15.8. The molecule has 1 N–H and O–H groups in total. The molecule has 0 amide bonds. The van der Waals surface area contributed by atoms with Crippen LogP contribution in [0.1, 0.15) is 24.5 Å². The fourth-order valence-electron chi connectivity index (χ4n) is 1.69. The van der Waals surface area contributed by atoms with Crippen molar-refractivity contribution in [2.45, 2.75) is 38.5 Å². The van der Waals surface area contributed by atoms with Crippen molar-refractivity contribution < 1.29 is 8.42 Å².